The number of hydrogen-bond donors (Lipinski definition) is 4. The Kier molecular flexibility index (Phi) is 8.60. The quantitative estimate of drug-likeness (QED) is 0.510. The second kappa shape index (κ2) is 10.7. The first-order valence-electron chi connectivity index (χ1n) is 11.1. The van der Waals surface area contributed by atoms with Crippen LogP contribution in [0.5, 0.6) is 0 Å². The average Bonchev–Trinajstić information content (AvgIpc) is 2.58. The highest BCUT2D eigenvalue weighted by atomic mass is 16.2. The van der Waals surface area contributed by atoms with Gasteiger partial charge in [-0.05, 0) is 82.5 Å². The maximum Gasteiger partial charge on any atom is 0.245 e. The van der Waals surface area contributed by atoms with E-state index in [4.69, 9.17) is 11.5 Å². The zero-order chi connectivity index (χ0) is 21.6. The van der Waals surface area contributed by atoms with Crippen LogP contribution >= 0.6 is 0 Å². The van der Waals surface area contributed by atoms with Crippen LogP contribution < -0.4 is 22.1 Å². The molecule has 0 aromatic carbocycles. The van der Waals surface area contributed by atoms with Crippen molar-refractivity contribution in [2.24, 2.45) is 35.1 Å². The van der Waals surface area contributed by atoms with Gasteiger partial charge in [0.25, 0.3) is 0 Å². The third kappa shape index (κ3) is 7.75. The van der Waals surface area contributed by atoms with Crippen molar-refractivity contribution in [1.82, 2.24) is 10.6 Å². The van der Waals surface area contributed by atoms with Crippen molar-refractivity contribution >= 4 is 11.8 Å². The van der Waals surface area contributed by atoms with Crippen LogP contribution in [-0.4, -0.2) is 23.9 Å². The Balaban J connectivity index is 1.77. The average molecular weight is 405 g/mol. The van der Waals surface area contributed by atoms with E-state index in [0.29, 0.717) is 23.2 Å². The molecule has 6 N–H and O–H groups in total. The van der Waals surface area contributed by atoms with E-state index in [1.54, 1.807) is 13.8 Å². The molecule has 2 fully saturated rings. The van der Waals surface area contributed by atoms with Gasteiger partial charge in [-0.3, -0.25) is 9.59 Å². The molecular weight excluding hydrogens is 364 g/mol. The third-order valence-electron chi connectivity index (χ3n) is 6.60. The Morgan fingerprint density at radius 1 is 0.793 bits per heavy atom. The van der Waals surface area contributed by atoms with Gasteiger partial charge in [0.1, 0.15) is 0 Å². The predicted octanol–water partition coefficient (Wildman–Crippen LogP) is 2.94. The highest BCUT2D eigenvalue weighted by Crippen LogP contribution is 2.39. The molecule has 164 valence electrons. The van der Waals surface area contributed by atoms with Gasteiger partial charge >= 0.3 is 0 Å². The molecule has 2 aliphatic carbocycles. The Labute approximate surface area is 175 Å². The van der Waals surface area contributed by atoms with Gasteiger partial charge in [0, 0.05) is 35.6 Å². The van der Waals surface area contributed by atoms with Crippen molar-refractivity contribution < 1.29 is 9.59 Å². The van der Waals surface area contributed by atoms with Gasteiger partial charge in [0.15, 0.2) is 0 Å². The molecule has 2 amide bonds. The topological polar surface area (TPSA) is 110 Å². The molecule has 6 nitrogen and oxygen atoms in total. The fraction of sp³-hybridized carbons (Fsp3) is 0.739. The molecular formula is C23H40N4O2. The molecule has 2 saturated carbocycles. The van der Waals surface area contributed by atoms with Crippen molar-refractivity contribution in [2.75, 3.05) is 0 Å². The lowest BCUT2D eigenvalue weighted by Crippen LogP contribution is -2.44. The van der Waals surface area contributed by atoms with Gasteiger partial charge in [-0.25, -0.2) is 0 Å². The molecule has 0 spiro atoms. The second-order valence-corrected chi connectivity index (χ2v) is 9.56. The number of rotatable bonds is 6. The van der Waals surface area contributed by atoms with E-state index in [1.807, 2.05) is 0 Å². The lowest BCUT2D eigenvalue weighted by molar-refractivity contribution is -0.118. The Hall–Kier alpha value is -1.98. The summed E-state index contributed by atoms with van der Waals surface area (Å²) >= 11 is 0. The molecule has 0 aliphatic heterocycles. The standard InChI is InChI=1S/C23H40N4O2/c1-14-9-18(5-7-20(14)26-22(28)11-16(3)24)13-19-6-8-21(15(2)10-19)27-23(29)12-17(4)25/h11-12,14-15,18-21H,5-10,13,24-25H2,1-4H3,(H,26,28)(H,27,29)/b16-11+,17-12+. The number of allylic oxidation sites excluding steroid dienone is 2. The second-order valence-electron chi connectivity index (χ2n) is 9.56. The lowest BCUT2D eigenvalue weighted by Gasteiger charge is -2.39. The Morgan fingerprint density at radius 2 is 1.17 bits per heavy atom. The first-order chi connectivity index (χ1) is 13.6. The molecule has 2 aliphatic rings. The first kappa shape index (κ1) is 23.3. The number of hydrogen-bond acceptors (Lipinski definition) is 4. The number of carbonyl (C=O) groups is 2. The Morgan fingerprint density at radius 3 is 1.48 bits per heavy atom. The molecule has 2 rings (SSSR count). The molecule has 0 saturated heterocycles. The summed E-state index contributed by atoms with van der Waals surface area (Å²) < 4.78 is 0. The zero-order valence-corrected chi connectivity index (χ0v) is 18.5. The molecule has 0 heterocycles. The molecule has 0 bridgehead atoms. The van der Waals surface area contributed by atoms with Gasteiger partial charge in [-0.1, -0.05) is 13.8 Å². The highest BCUT2D eigenvalue weighted by Gasteiger charge is 2.33. The smallest absolute Gasteiger partial charge is 0.245 e. The van der Waals surface area contributed by atoms with E-state index in [1.165, 1.54) is 44.3 Å². The fourth-order valence-corrected chi connectivity index (χ4v) is 5.21. The normalized spacial score (nSPS) is 33.8. The van der Waals surface area contributed by atoms with Crippen LogP contribution in [0.4, 0.5) is 0 Å². The monoisotopic (exact) mass is 404 g/mol. The van der Waals surface area contributed by atoms with Gasteiger partial charge < -0.3 is 22.1 Å². The molecule has 6 heteroatoms. The summed E-state index contributed by atoms with van der Waals surface area (Å²) in [6.07, 6.45) is 11.0. The summed E-state index contributed by atoms with van der Waals surface area (Å²) in [4.78, 5) is 23.9. The van der Waals surface area contributed by atoms with Gasteiger partial charge in [-0.15, -0.1) is 0 Å². The molecule has 0 radical (unpaired) electrons. The van der Waals surface area contributed by atoms with Crippen LogP contribution in [0, 0.1) is 23.7 Å². The van der Waals surface area contributed by atoms with Crippen molar-refractivity contribution in [1.29, 1.82) is 0 Å². The van der Waals surface area contributed by atoms with E-state index in [2.05, 4.69) is 24.5 Å². The molecule has 0 aromatic heterocycles. The zero-order valence-electron chi connectivity index (χ0n) is 18.5. The maximum atomic E-state index is 12.0. The summed E-state index contributed by atoms with van der Waals surface area (Å²) in [6, 6.07) is 0.497. The minimum atomic E-state index is -0.0748. The van der Waals surface area contributed by atoms with Crippen LogP contribution in [-0.2, 0) is 9.59 Å². The SMILES string of the molecule is C/C(N)=C\C(=O)NC1CCC(CC2CCC(NC(=O)/C=C(\C)N)C(C)C2)CC1C. The number of carbonyl (C=O) groups excluding carboxylic acids is 2. The molecule has 6 unspecified atom stereocenters. The summed E-state index contributed by atoms with van der Waals surface area (Å²) in [6.45, 7) is 7.96. The maximum absolute atomic E-state index is 12.0. The highest BCUT2D eigenvalue weighted by molar-refractivity contribution is 5.88. The number of nitrogens with two attached hydrogens (primary N) is 2. The fourth-order valence-electron chi connectivity index (χ4n) is 5.21. The van der Waals surface area contributed by atoms with Crippen LogP contribution in [0.3, 0.4) is 0 Å². The van der Waals surface area contributed by atoms with Gasteiger partial charge in [0.2, 0.25) is 11.8 Å². The number of amides is 2. The van der Waals surface area contributed by atoms with Crippen LogP contribution in [0.25, 0.3) is 0 Å². The van der Waals surface area contributed by atoms with Crippen LogP contribution in [0.2, 0.25) is 0 Å². The molecule has 29 heavy (non-hydrogen) atoms. The lowest BCUT2D eigenvalue weighted by atomic mass is 9.70. The number of nitrogens with one attached hydrogen (secondary N) is 2. The summed E-state index contributed by atoms with van der Waals surface area (Å²) in [5.41, 5.74) is 12.3. The van der Waals surface area contributed by atoms with Crippen molar-refractivity contribution in [3.8, 4) is 0 Å². The predicted molar refractivity (Wildman–Crippen MR) is 117 cm³/mol. The molecule has 6 atom stereocenters. The molecule has 0 aromatic rings. The summed E-state index contributed by atoms with van der Waals surface area (Å²) in [5, 5.41) is 6.24. The minimum Gasteiger partial charge on any atom is -0.402 e. The largest absolute Gasteiger partial charge is 0.402 e. The van der Waals surface area contributed by atoms with Gasteiger partial charge in [0.05, 0.1) is 0 Å². The van der Waals surface area contributed by atoms with E-state index < -0.39 is 0 Å². The van der Waals surface area contributed by atoms with Crippen molar-refractivity contribution in [3.63, 3.8) is 0 Å². The first-order valence-corrected chi connectivity index (χ1v) is 11.1. The van der Waals surface area contributed by atoms with E-state index in [-0.39, 0.29) is 23.9 Å². The van der Waals surface area contributed by atoms with Crippen LogP contribution in [0.15, 0.2) is 23.5 Å². The third-order valence-corrected chi connectivity index (χ3v) is 6.60. The van der Waals surface area contributed by atoms with Gasteiger partial charge in [-0.2, -0.15) is 0 Å². The Bertz CT molecular complexity index is 581. The van der Waals surface area contributed by atoms with Crippen molar-refractivity contribution in [3.05, 3.63) is 23.5 Å². The summed E-state index contributed by atoms with van der Waals surface area (Å²) in [5.74, 6) is 2.29. The minimum absolute atomic E-state index is 0.0748. The van der Waals surface area contributed by atoms with Crippen LogP contribution in [0.1, 0.15) is 72.6 Å². The van der Waals surface area contributed by atoms with Crippen molar-refractivity contribution in [2.45, 2.75) is 84.7 Å². The van der Waals surface area contributed by atoms with E-state index >= 15 is 0 Å². The van der Waals surface area contributed by atoms with E-state index in [0.717, 1.165) is 24.7 Å². The van der Waals surface area contributed by atoms with E-state index in [9.17, 15) is 9.59 Å². The summed E-state index contributed by atoms with van der Waals surface area (Å²) in [7, 11) is 0.